The fraction of sp³-hybridized carbons (Fsp3) is 0.226. The van der Waals surface area contributed by atoms with Gasteiger partial charge in [-0.3, -0.25) is 0 Å². The van der Waals surface area contributed by atoms with Gasteiger partial charge >= 0.3 is 0 Å². The summed E-state index contributed by atoms with van der Waals surface area (Å²) in [6.07, 6.45) is -5.33. The van der Waals surface area contributed by atoms with Crippen LogP contribution in [-0.2, 0) is 6.42 Å². The Kier molecular flexibility index (Phi) is 6.67. The zero-order valence-electron chi connectivity index (χ0n) is 22.5. The number of ether oxygens (including phenoxy) is 3. The Morgan fingerprint density at radius 3 is 1.95 bits per heavy atom. The van der Waals surface area contributed by atoms with Crippen molar-refractivity contribution in [1.82, 2.24) is 0 Å². The van der Waals surface area contributed by atoms with E-state index in [4.69, 9.17) is 14.2 Å². The topological polar surface area (TPSA) is 210 Å². The number of hydrogen-bond acceptors (Lipinski definition) is 12. The first-order valence-corrected chi connectivity index (χ1v) is 13.2. The van der Waals surface area contributed by atoms with E-state index >= 15 is 0 Å². The number of rotatable bonds is 4. The van der Waals surface area contributed by atoms with E-state index in [1.165, 1.54) is 49.6 Å². The van der Waals surface area contributed by atoms with Gasteiger partial charge in [-0.05, 0) is 29.8 Å². The molecule has 0 bridgehead atoms. The van der Waals surface area contributed by atoms with Crippen molar-refractivity contribution in [1.29, 1.82) is 0 Å². The van der Waals surface area contributed by atoms with Gasteiger partial charge in [-0.2, -0.15) is 0 Å². The predicted molar refractivity (Wildman–Crippen MR) is 148 cm³/mol. The number of methoxy groups -OCH3 is 1. The first-order valence-electron chi connectivity index (χ1n) is 13.2. The SMILES string of the molecule is COc1c(O)cc([C@H]2Oc3c(c(O)cc(O)c3[C@@H]3c4c(O)cc(O)cc4O[C@H](c4ccc(O)cc4)[C@@H]3O)C[C@H]2O)cc1O. The first-order chi connectivity index (χ1) is 20.5. The van der Waals surface area contributed by atoms with Crippen molar-refractivity contribution in [2.45, 2.75) is 36.8 Å². The third-order valence-electron chi connectivity index (χ3n) is 7.84. The van der Waals surface area contributed by atoms with Gasteiger partial charge in [0.2, 0.25) is 5.75 Å². The molecule has 2 aliphatic rings. The van der Waals surface area contributed by atoms with Crippen molar-refractivity contribution in [2.75, 3.05) is 7.11 Å². The van der Waals surface area contributed by atoms with Crippen molar-refractivity contribution >= 4 is 0 Å². The van der Waals surface area contributed by atoms with Gasteiger partial charge in [0.25, 0.3) is 0 Å². The number of phenolic OH excluding ortho intramolecular Hbond substituents is 7. The summed E-state index contributed by atoms with van der Waals surface area (Å²) in [4.78, 5) is 0. The van der Waals surface area contributed by atoms with Crippen LogP contribution in [0, 0.1) is 0 Å². The molecule has 6 rings (SSSR count). The Morgan fingerprint density at radius 2 is 1.30 bits per heavy atom. The van der Waals surface area contributed by atoms with Crippen molar-refractivity contribution in [3.8, 4) is 57.5 Å². The normalized spacial score (nSPS) is 22.5. The van der Waals surface area contributed by atoms with E-state index in [0.717, 1.165) is 12.1 Å². The van der Waals surface area contributed by atoms with Crippen LogP contribution in [0.15, 0.2) is 54.6 Å². The number of aliphatic hydroxyl groups is 2. The van der Waals surface area contributed by atoms with Crippen LogP contribution in [0.2, 0.25) is 0 Å². The first kappa shape index (κ1) is 27.9. The van der Waals surface area contributed by atoms with Gasteiger partial charge in [0.05, 0.1) is 19.1 Å². The molecule has 4 aromatic rings. The molecule has 2 aliphatic heterocycles. The van der Waals surface area contributed by atoms with Crippen molar-refractivity contribution in [2.24, 2.45) is 0 Å². The van der Waals surface area contributed by atoms with E-state index in [9.17, 15) is 46.0 Å². The largest absolute Gasteiger partial charge is 0.508 e. The van der Waals surface area contributed by atoms with E-state index in [1.54, 1.807) is 0 Å². The molecule has 2 heterocycles. The molecule has 0 aromatic heterocycles. The molecule has 9 N–H and O–H groups in total. The molecule has 224 valence electrons. The van der Waals surface area contributed by atoms with Gasteiger partial charge in [0.15, 0.2) is 23.7 Å². The molecule has 0 unspecified atom stereocenters. The maximum absolute atomic E-state index is 11.8. The van der Waals surface area contributed by atoms with E-state index in [2.05, 4.69) is 0 Å². The summed E-state index contributed by atoms with van der Waals surface area (Å²) in [5.41, 5.74) is 0.612. The predicted octanol–water partition coefficient (Wildman–Crippen LogP) is 3.30. The molecule has 0 amide bonds. The summed E-state index contributed by atoms with van der Waals surface area (Å²) >= 11 is 0. The van der Waals surface area contributed by atoms with Crippen LogP contribution < -0.4 is 14.2 Å². The van der Waals surface area contributed by atoms with Crippen LogP contribution in [0.3, 0.4) is 0 Å². The highest BCUT2D eigenvalue weighted by Gasteiger charge is 2.46. The van der Waals surface area contributed by atoms with Crippen LogP contribution in [0.25, 0.3) is 0 Å². The number of benzene rings is 4. The molecular formula is C31H28O12. The second-order valence-electron chi connectivity index (χ2n) is 10.5. The second kappa shape index (κ2) is 10.3. The monoisotopic (exact) mass is 592 g/mol. The highest BCUT2D eigenvalue weighted by Crippen LogP contribution is 2.57. The standard InChI is InChI=1S/C31H28O12/c1-41-31-20(37)6-13(7-21(31)38)28-22(39)10-16-17(34)11-19(36)25(30(16)43-28)26-24-18(35)8-15(33)9-23(24)42-29(27(26)40)12-2-4-14(32)5-3-12/h2-9,11,22,26-29,32-40H,10H2,1H3/t22-,26+,27-,28-,29-/m1/s1. The van der Waals surface area contributed by atoms with Gasteiger partial charge in [-0.25, -0.2) is 0 Å². The zero-order valence-corrected chi connectivity index (χ0v) is 22.5. The van der Waals surface area contributed by atoms with Gasteiger partial charge in [0, 0.05) is 46.9 Å². The average molecular weight is 593 g/mol. The van der Waals surface area contributed by atoms with Crippen LogP contribution in [0.4, 0.5) is 0 Å². The lowest BCUT2D eigenvalue weighted by molar-refractivity contribution is 0.00119. The number of fused-ring (bicyclic) bond motifs is 2. The van der Waals surface area contributed by atoms with E-state index in [1.807, 2.05) is 0 Å². The number of aliphatic hydroxyl groups excluding tert-OH is 2. The fourth-order valence-electron chi connectivity index (χ4n) is 5.93. The minimum Gasteiger partial charge on any atom is -0.508 e. The fourth-order valence-corrected chi connectivity index (χ4v) is 5.93. The summed E-state index contributed by atoms with van der Waals surface area (Å²) in [5.74, 6) is -4.16. The molecule has 0 radical (unpaired) electrons. The summed E-state index contributed by atoms with van der Waals surface area (Å²) in [6.45, 7) is 0. The highest BCUT2D eigenvalue weighted by molar-refractivity contribution is 5.66. The Bertz CT molecular complexity index is 1690. The number of aromatic hydroxyl groups is 7. The van der Waals surface area contributed by atoms with E-state index < -0.39 is 59.1 Å². The van der Waals surface area contributed by atoms with Crippen LogP contribution in [0.1, 0.15) is 45.9 Å². The lowest BCUT2D eigenvalue weighted by Crippen LogP contribution is -2.36. The smallest absolute Gasteiger partial charge is 0.202 e. The summed E-state index contributed by atoms with van der Waals surface area (Å²) in [5, 5.41) is 96.5. The Hall–Kier alpha value is -5.20. The average Bonchev–Trinajstić information content (AvgIpc) is 2.94. The molecule has 12 nitrogen and oxygen atoms in total. The molecule has 0 saturated heterocycles. The van der Waals surface area contributed by atoms with Crippen LogP contribution in [0.5, 0.6) is 57.5 Å². The molecule has 4 aromatic carbocycles. The Balaban J connectivity index is 1.54. The summed E-state index contributed by atoms with van der Waals surface area (Å²) in [7, 11) is 1.26. The lowest BCUT2D eigenvalue weighted by Gasteiger charge is -2.40. The third-order valence-corrected chi connectivity index (χ3v) is 7.84. The Labute approximate surface area is 244 Å². The van der Waals surface area contributed by atoms with Gasteiger partial charge in [0.1, 0.15) is 46.4 Å². The van der Waals surface area contributed by atoms with Crippen LogP contribution >= 0.6 is 0 Å². The molecular weight excluding hydrogens is 564 g/mol. The summed E-state index contributed by atoms with van der Waals surface area (Å²) < 4.78 is 17.2. The molecule has 5 atom stereocenters. The molecule has 0 fully saturated rings. The second-order valence-corrected chi connectivity index (χ2v) is 10.5. The number of phenols is 7. The molecule has 43 heavy (non-hydrogen) atoms. The van der Waals surface area contributed by atoms with Gasteiger partial charge in [-0.1, -0.05) is 12.1 Å². The van der Waals surface area contributed by atoms with Crippen molar-refractivity contribution < 1.29 is 60.2 Å². The van der Waals surface area contributed by atoms with Crippen molar-refractivity contribution in [3.05, 3.63) is 82.4 Å². The third kappa shape index (κ3) is 4.57. The molecule has 0 saturated carbocycles. The number of hydrogen-bond donors (Lipinski definition) is 9. The van der Waals surface area contributed by atoms with Crippen molar-refractivity contribution in [3.63, 3.8) is 0 Å². The summed E-state index contributed by atoms with van der Waals surface area (Å²) in [6, 6.07) is 11.6. The van der Waals surface area contributed by atoms with E-state index in [-0.39, 0.29) is 57.4 Å². The van der Waals surface area contributed by atoms with Gasteiger partial charge < -0.3 is 60.2 Å². The maximum atomic E-state index is 11.8. The highest BCUT2D eigenvalue weighted by atomic mass is 16.5. The zero-order chi connectivity index (χ0) is 30.7. The van der Waals surface area contributed by atoms with Crippen LogP contribution in [-0.4, -0.2) is 65.3 Å². The van der Waals surface area contributed by atoms with E-state index in [0.29, 0.717) is 5.56 Å². The maximum Gasteiger partial charge on any atom is 0.202 e. The molecule has 0 aliphatic carbocycles. The minimum atomic E-state index is -1.50. The Morgan fingerprint density at radius 1 is 0.651 bits per heavy atom. The molecule has 12 heteroatoms. The lowest BCUT2D eigenvalue weighted by atomic mass is 9.77. The van der Waals surface area contributed by atoms with Gasteiger partial charge in [-0.15, -0.1) is 0 Å². The molecule has 0 spiro atoms. The minimum absolute atomic E-state index is 0.00882. The quantitative estimate of drug-likeness (QED) is 0.167.